The third kappa shape index (κ3) is 5.65. The van der Waals surface area contributed by atoms with Crippen molar-refractivity contribution in [3.63, 3.8) is 0 Å². The van der Waals surface area contributed by atoms with Gasteiger partial charge in [-0.05, 0) is 74.7 Å². The van der Waals surface area contributed by atoms with Crippen LogP contribution >= 0.6 is 0 Å². The van der Waals surface area contributed by atoms with Gasteiger partial charge < -0.3 is 24.3 Å². The Kier molecular flexibility index (Phi) is 7.39. The second kappa shape index (κ2) is 10.6. The van der Waals surface area contributed by atoms with E-state index in [4.69, 9.17) is 14.1 Å². The summed E-state index contributed by atoms with van der Waals surface area (Å²) in [6, 6.07) is 12.9. The second-order valence-electron chi connectivity index (χ2n) is 9.00. The summed E-state index contributed by atoms with van der Waals surface area (Å²) in [7, 11) is 3.39. The van der Waals surface area contributed by atoms with Gasteiger partial charge in [-0.25, -0.2) is 4.79 Å². The Morgan fingerprint density at radius 3 is 2.60 bits per heavy atom. The molecule has 3 aromatic rings. The third-order valence-corrected chi connectivity index (χ3v) is 6.46. The maximum Gasteiger partial charge on any atom is 0.321 e. The molecule has 1 saturated heterocycles. The van der Waals surface area contributed by atoms with Crippen molar-refractivity contribution in [2.45, 2.75) is 39.2 Å². The van der Waals surface area contributed by atoms with Crippen molar-refractivity contribution in [1.82, 2.24) is 14.8 Å². The summed E-state index contributed by atoms with van der Waals surface area (Å²) in [5.41, 5.74) is 4.01. The number of piperidine rings is 1. The van der Waals surface area contributed by atoms with Crippen LogP contribution in [-0.4, -0.2) is 54.0 Å². The molecule has 184 valence electrons. The van der Waals surface area contributed by atoms with E-state index >= 15 is 0 Å². The Labute approximate surface area is 205 Å². The number of carbonyl (C=O) groups excluding carboxylic acids is 2. The van der Waals surface area contributed by atoms with Crippen molar-refractivity contribution < 1.29 is 18.7 Å². The molecule has 35 heavy (non-hydrogen) atoms. The number of methoxy groups -OCH3 is 1. The predicted molar refractivity (Wildman–Crippen MR) is 134 cm³/mol. The Morgan fingerprint density at radius 2 is 1.94 bits per heavy atom. The standard InChI is InChI=1S/C27H32N4O4/c1-18-16-21(34-4)8-10-24(18)29-27(33)31-13-11-20(12-14-31)25-23(9-7-19(2)28-25)26(32)30(3)17-22-6-5-15-35-22/h5-10,15-16,20H,11-14,17H2,1-4H3,(H,29,33). The normalized spacial score (nSPS) is 14.0. The van der Waals surface area contributed by atoms with Gasteiger partial charge in [0.25, 0.3) is 5.91 Å². The van der Waals surface area contributed by atoms with Crippen molar-refractivity contribution >= 4 is 17.6 Å². The number of urea groups is 1. The molecule has 0 unspecified atom stereocenters. The molecule has 4 rings (SSSR count). The Balaban J connectivity index is 1.42. The number of ether oxygens (including phenoxy) is 1. The number of furan rings is 1. The molecule has 3 amide bonds. The van der Waals surface area contributed by atoms with Gasteiger partial charge in [-0.3, -0.25) is 9.78 Å². The maximum atomic E-state index is 13.3. The molecule has 0 radical (unpaired) electrons. The zero-order valence-electron chi connectivity index (χ0n) is 20.7. The summed E-state index contributed by atoms with van der Waals surface area (Å²) < 4.78 is 10.6. The van der Waals surface area contributed by atoms with Gasteiger partial charge in [-0.2, -0.15) is 0 Å². The molecule has 1 aliphatic rings. The smallest absolute Gasteiger partial charge is 0.321 e. The Hall–Kier alpha value is -3.81. The zero-order chi connectivity index (χ0) is 24.9. The number of aryl methyl sites for hydroxylation is 2. The highest BCUT2D eigenvalue weighted by Crippen LogP contribution is 2.31. The molecule has 0 atom stereocenters. The first-order valence-electron chi connectivity index (χ1n) is 11.8. The SMILES string of the molecule is COc1ccc(NC(=O)N2CCC(c3nc(C)ccc3C(=O)N(C)Cc3ccco3)CC2)c(C)c1. The second-order valence-corrected chi connectivity index (χ2v) is 9.00. The molecule has 8 heteroatoms. The summed E-state index contributed by atoms with van der Waals surface area (Å²) in [6.45, 7) is 5.45. The van der Waals surface area contributed by atoms with Gasteiger partial charge in [0.15, 0.2) is 0 Å². The van der Waals surface area contributed by atoms with Crippen LogP contribution in [0.25, 0.3) is 0 Å². The van der Waals surface area contributed by atoms with Crippen LogP contribution in [0.4, 0.5) is 10.5 Å². The minimum atomic E-state index is -0.122. The van der Waals surface area contributed by atoms with Gasteiger partial charge in [0.1, 0.15) is 11.5 Å². The number of nitrogens with zero attached hydrogens (tertiary/aromatic N) is 3. The number of carbonyl (C=O) groups is 2. The maximum absolute atomic E-state index is 13.3. The molecular formula is C27H32N4O4. The van der Waals surface area contributed by atoms with E-state index < -0.39 is 0 Å². The number of aromatic nitrogens is 1. The molecule has 1 aliphatic heterocycles. The van der Waals surface area contributed by atoms with Crippen LogP contribution in [0.1, 0.15) is 51.8 Å². The lowest BCUT2D eigenvalue weighted by Crippen LogP contribution is -2.41. The van der Waals surface area contributed by atoms with Crippen LogP contribution in [0.3, 0.4) is 0 Å². The van der Waals surface area contributed by atoms with Crippen LogP contribution in [0, 0.1) is 13.8 Å². The van der Waals surface area contributed by atoms with Gasteiger partial charge in [0.2, 0.25) is 0 Å². The summed E-state index contributed by atoms with van der Waals surface area (Å²) in [5, 5.41) is 3.01. The summed E-state index contributed by atoms with van der Waals surface area (Å²) >= 11 is 0. The fourth-order valence-electron chi connectivity index (χ4n) is 4.44. The minimum Gasteiger partial charge on any atom is -0.497 e. The molecule has 2 aromatic heterocycles. The molecule has 0 bridgehead atoms. The molecular weight excluding hydrogens is 444 g/mol. The topological polar surface area (TPSA) is 87.9 Å². The number of rotatable bonds is 6. The largest absolute Gasteiger partial charge is 0.497 e. The fraction of sp³-hybridized carbons (Fsp3) is 0.370. The molecule has 1 N–H and O–H groups in total. The number of pyridine rings is 1. The van der Waals surface area contributed by atoms with E-state index in [0.29, 0.717) is 25.2 Å². The number of likely N-dealkylation sites (tertiary alicyclic amines) is 1. The monoisotopic (exact) mass is 476 g/mol. The van der Waals surface area contributed by atoms with Crippen LogP contribution < -0.4 is 10.1 Å². The quantitative estimate of drug-likeness (QED) is 0.542. The molecule has 0 saturated carbocycles. The van der Waals surface area contributed by atoms with Gasteiger partial charge in [-0.1, -0.05) is 0 Å². The highest BCUT2D eigenvalue weighted by Gasteiger charge is 2.29. The van der Waals surface area contributed by atoms with Gasteiger partial charge in [-0.15, -0.1) is 0 Å². The summed E-state index contributed by atoms with van der Waals surface area (Å²) in [5.74, 6) is 1.51. The number of benzene rings is 1. The van der Waals surface area contributed by atoms with E-state index in [0.717, 1.165) is 47.0 Å². The minimum absolute atomic E-state index is 0.0842. The van der Waals surface area contributed by atoms with E-state index in [1.165, 1.54) is 0 Å². The van der Waals surface area contributed by atoms with Crippen LogP contribution in [-0.2, 0) is 6.54 Å². The molecule has 1 aromatic carbocycles. The summed E-state index contributed by atoms with van der Waals surface area (Å²) in [6.07, 6.45) is 3.09. The first-order valence-corrected chi connectivity index (χ1v) is 11.8. The lowest BCUT2D eigenvalue weighted by atomic mass is 9.89. The van der Waals surface area contributed by atoms with E-state index in [2.05, 4.69) is 5.32 Å². The third-order valence-electron chi connectivity index (χ3n) is 6.46. The first-order chi connectivity index (χ1) is 16.9. The molecule has 0 aliphatic carbocycles. The molecule has 8 nitrogen and oxygen atoms in total. The number of hydrogen-bond acceptors (Lipinski definition) is 5. The number of hydrogen-bond donors (Lipinski definition) is 1. The van der Waals surface area contributed by atoms with Crippen molar-refractivity contribution in [3.05, 3.63) is 77.0 Å². The lowest BCUT2D eigenvalue weighted by molar-refractivity contribution is 0.0772. The van der Waals surface area contributed by atoms with Crippen molar-refractivity contribution in [2.75, 3.05) is 32.6 Å². The van der Waals surface area contributed by atoms with Gasteiger partial charge in [0.05, 0.1) is 31.2 Å². The number of anilines is 1. The lowest BCUT2D eigenvalue weighted by Gasteiger charge is -2.33. The van der Waals surface area contributed by atoms with Crippen molar-refractivity contribution in [2.24, 2.45) is 0 Å². The fourth-order valence-corrected chi connectivity index (χ4v) is 4.44. The molecule has 0 spiro atoms. The predicted octanol–water partition coefficient (Wildman–Crippen LogP) is 4.98. The molecule has 3 heterocycles. The van der Waals surface area contributed by atoms with E-state index in [1.807, 2.05) is 61.2 Å². The Morgan fingerprint density at radius 1 is 1.17 bits per heavy atom. The molecule has 1 fully saturated rings. The summed E-state index contributed by atoms with van der Waals surface area (Å²) in [4.78, 5) is 34.4. The first kappa shape index (κ1) is 24.3. The Bertz CT molecular complexity index is 1180. The van der Waals surface area contributed by atoms with Crippen molar-refractivity contribution in [3.8, 4) is 5.75 Å². The van der Waals surface area contributed by atoms with Crippen LogP contribution in [0.15, 0.2) is 53.1 Å². The van der Waals surface area contributed by atoms with Crippen LogP contribution in [0.5, 0.6) is 5.75 Å². The van der Waals surface area contributed by atoms with Crippen LogP contribution in [0.2, 0.25) is 0 Å². The number of nitrogens with one attached hydrogen (secondary N) is 1. The van der Waals surface area contributed by atoms with Gasteiger partial charge >= 0.3 is 6.03 Å². The highest BCUT2D eigenvalue weighted by molar-refractivity contribution is 5.95. The van der Waals surface area contributed by atoms with Gasteiger partial charge in [0, 0.05) is 37.4 Å². The average Bonchev–Trinajstić information content (AvgIpc) is 3.38. The average molecular weight is 477 g/mol. The zero-order valence-corrected chi connectivity index (χ0v) is 20.7. The van der Waals surface area contributed by atoms with E-state index in [1.54, 1.807) is 25.3 Å². The highest BCUT2D eigenvalue weighted by atomic mass is 16.5. The van der Waals surface area contributed by atoms with Crippen molar-refractivity contribution in [1.29, 1.82) is 0 Å². The number of amides is 3. The van der Waals surface area contributed by atoms with E-state index in [-0.39, 0.29) is 17.9 Å². The van der Waals surface area contributed by atoms with E-state index in [9.17, 15) is 9.59 Å².